The number of thiocarbonyl (C=S) groups is 1. The quantitative estimate of drug-likeness (QED) is 0.475. The number of ether oxygens (including phenoxy) is 2. The van der Waals surface area contributed by atoms with Crippen molar-refractivity contribution < 1.29 is 24.2 Å². The van der Waals surface area contributed by atoms with E-state index in [-0.39, 0.29) is 4.32 Å². The number of carboxylic acids is 1. The molecule has 1 saturated heterocycles. The van der Waals surface area contributed by atoms with Crippen LogP contribution in [-0.2, 0) is 9.59 Å². The van der Waals surface area contributed by atoms with Crippen LogP contribution in [0.2, 0.25) is 0 Å². The minimum absolute atomic E-state index is 0.207. The number of aliphatic carboxylic acids is 1. The van der Waals surface area contributed by atoms with Crippen LogP contribution < -0.4 is 9.47 Å². The van der Waals surface area contributed by atoms with Crippen LogP contribution in [0.25, 0.3) is 6.08 Å². The van der Waals surface area contributed by atoms with Gasteiger partial charge in [-0.15, -0.1) is 0 Å². The van der Waals surface area contributed by atoms with Crippen LogP contribution in [-0.4, -0.2) is 39.4 Å². The van der Waals surface area contributed by atoms with Crippen molar-refractivity contribution in [2.24, 2.45) is 0 Å². The second-order valence-electron chi connectivity index (χ2n) is 6.28. The van der Waals surface area contributed by atoms with Gasteiger partial charge in [0.25, 0.3) is 5.91 Å². The molecule has 156 valence electrons. The van der Waals surface area contributed by atoms with Crippen molar-refractivity contribution >= 4 is 46.3 Å². The SMILES string of the molecule is CCOc1ccc(/C=C2\SC(=S)N(C(C(=O)O)c3ccccc3)C2=O)cc1OCC. The van der Waals surface area contributed by atoms with Crippen molar-refractivity contribution in [1.29, 1.82) is 0 Å². The predicted molar refractivity (Wildman–Crippen MR) is 121 cm³/mol. The standard InChI is InChI=1S/C22H21NO5S2/c1-3-27-16-11-10-14(12-17(16)28-4-2)13-18-20(24)23(22(29)30-18)19(21(25)26)15-8-6-5-7-9-15/h5-13,19H,3-4H2,1-2H3,(H,25,26)/b18-13-. The Balaban J connectivity index is 1.93. The number of hydrogen-bond acceptors (Lipinski definition) is 6. The summed E-state index contributed by atoms with van der Waals surface area (Å²) in [5.74, 6) is -0.373. The Bertz CT molecular complexity index is 990. The van der Waals surface area contributed by atoms with Gasteiger partial charge in [-0.2, -0.15) is 0 Å². The van der Waals surface area contributed by atoms with Gasteiger partial charge in [-0.25, -0.2) is 4.79 Å². The van der Waals surface area contributed by atoms with E-state index in [1.807, 2.05) is 19.9 Å². The number of thioether (sulfide) groups is 1. The van der Waals surface area contributed by atoms with E-state index < -0.39 is 17.9 Å². The first-order chi connectivity index (χ1) is 14.5. The third-order valence-corrected chi connectivity index (χ3v) is 5.63. The molecule has 0 aliphatic carbocycles. The van der Waals surface area contributed by atoms with E-state index in [1.54, 1.807) is 48.5 Å². The maximum absolute atomic E-state index is 13.0. The smallest absolute Gasteiger partial charge is 0.331 e. The fourth-order valence-electron chi connectivity index (χ4n) is 3.05. The zero-order chi connectivity index (χ0) is 21.7. The molecule has 3 rings (SSSR count). The molecule has 1 atom stereocenters. The Labute approximate surface area is 184 Å². The zero-order valence-corrected chi connectivity index (χ0v) is 18.2. The summed E-state index contributed by atoms with van der Waals surface area (Å²) in [6.45, 7) is 4.75. The van der Waals surface area contributed by atoms with Gasteiger partial charge in [0.05, 0.1) is 18.1 Å². The zero-order valence-electron chi connectivity index (χ0n) is 16.5. The minimum Gasteiger partial charge on any atom is -0.490 e. The van der Waals surface area contributed by atoms with E-state index in [9.17, 15) is 14.7 Å². The first-order valence-corrected chi connectivity index (χ1v) is 10.6. The number of hydrogen-bond donors (Lipinski definition) is 1. The highest BCUT2D eigenvalue weighted by molar-refractivity contribution is 8.26. The monoisotopic (exact) mass is 443 g/mol. The van der Waals surface area contributed by atoms with Crippen LogP contribution >= 0.6 is 24.0 Å². The highest BCUT2D eigenvalue weighted by Gasteiger charge is 2.41. The van der Waals surface area contributed by atoms with Crippen molar-refractivity contribution in [3.63, 3.8) is 0 Å². The van der Waals surface area contributed by atoms with Gasteiger partial charge in [0.1, 0.15) is 4.32 Å². The lowest BCUT2D eigenvalue weighted by molar-refractivity contribution is -0.145. The van der Waals surface area contributed by atoms with Crippen LogP contribution in [0.4, 0.5) is 0 Å². The average molecular weight is 444 g/mol. The number of carbonyl (C=O) groups is 2. The third-order valence-electron chi connectivity index (χ3n) is 4.30. The van der Waals surface area contributed by atoms with E-state index in [0.717, 1.165) is 22.2 Å². The Morgan fingerprint density at radius 2 is 1.80 bits per heavy atom. The lowest BCUT2D eigenvalue weighted by Gasteiger charge is -2.23. The summed E-state index contributed by atoms with van der Waals surface area (Å²) >= 11 is 6.43. The van der Waals surface area contributed by atoms with Gasteiger partial charge in [-0.3, -0.25) is 9.69 Å². The van der Waals surface area contributed by atoms with E-state index in [1.165, 1.54) is 0 Å². The molecule has 6 nitrogen and oxygen atoms in total. The second kappa shape index (κ2) is 9.77. The van der Waals surface area contributed by atoms with Crippen molar-refractivity contribution in [2.45, 2.75) is 19.9 Å². The molecule has 0 aromatic heterocycles. The summed E-state index contributed by atoms with van der Waals surface area (Å²) < 4.78 is 11.4. The normalized spacial score (nSPS) is 16.1. The predicted octanol–water partition coefficient (Wildman–Crippen LogP) is 4.51. The number of benzene rings is 2. The molecule has 2 aromatic carbocycles. The molecule has 2 aromatic rings. The van der Waals surface area contributed by atoms with Gasteiger partial charge in [-0.05, 0) is 43.2 Å². The van der Waals surface area contributed by atoms with Crippen molar-refractivity contribution in [2.75, 3.05) is 13.2 Å². The minimum atomic E-state index is -1.18. The number of carboxylic acid groups (broad SMARTS) is 1. The maximum Gasteiger partial charge on any atom is 0.331 e. The highest BCUT2D eigenvalue weighted by atomic mass is 32.2. The third kappa shape index (κ3) is 4.66. The molecule has 1 amide bonds. The molecule has 0 saturated carbocycles. The average Bonchev–Trinajstić information content (AvgIpc) is 2.99. The fourth-order valence-corrected chi connectivity index (χ4v) is 4.36. The Morgan fingerprint density at radius 3 is 2.43 bits per heavy atom. The lowest BCUT2D eigenvalue weighted by Crippen LogP contribution is -2.37. The van der Waals surface area contributed by atoms with Crippen LogP contribution in [0.1, 0.15) is 31.0 Å². The highest BCUT2D eigenvalue weighted by Crippen LogP contribution is 2.39. The number of nitrogens with zero attached hydrogens (tertiary/aromatic N) is 1. The van der Waals surface area contributed by atoms with Crippen molar-refractivity contribution in [3.05, 3.63) is 64.6 Å². The van der Waals surface area contributed by atoms with Crippen molar-refractivity contribution in [3.8, 4) is 11.5 Å². The molecule has 0 bridgehead atoms. The lowest BCUT2D eigenvalue weighted by atomic mass is 10.1. The molecule has 1 fully saturated rings. The largest absolute Gasteiger partial charge is 0.490 e. The molecule has 30 heavy (non-hydrogen) atoms. The summed E-state index contributed by atoms with van der Waals surface area (Å²) in [7, 11) is 0. The van der Waals surface area contributed by atoms with Gasteiger partial charge in [0.15, 0.2) is 17.5 Å². The van der Waals surface area contributed by atoms with Crippen molar-refractivity contribution in [1.82, 2.24) is 4.90 Å². The van der Waals surface area contributed by atoms with Crippen LogP contribution in [0.3, 0.4) is 0 Å². The molecule has 1 unspecified atom stereocenters. The second-order valence-corrected chi connectivity index (χ2v) is 7.95. The first kappa shape index (κ1) is 21.9. The van der Waals surface area contributed by atoms with Gasteiger partial charge in [0, 0.05) is 0 Å². The molecule has 1 aliphatic heterocycles. The molecular weight excluding hydrogens is 422 g/mol. The number of amides is 1. The van der Waals surface area contributed by atoms with Crippen LogP contribution in [0.5, 0.6) is 11.5 Å². The van der Waals surface area contributed by atoms with Gasteiger partial charge >= 0.3 is 5.97 Å². The van der Waals surface area contributed by atoms with E-state index in [4.69, 9.17) is 21.7 Å². The van der Waals surface area contributed by atoms with E-state index >= 15 is 0 Å². The Morgan fingerprint density at radius 1 is 1.13 bits per heavy atom. The Hall–Kier alpha value is -2.84. The first-order valence-electron chi connectivity index (χ1n) is 9.40. The number of carbonyl (C=O) groups excluding carboxylic acids is 1. The van der Waals surface area contributed by atoms with E-state index in [0.29, 0.717) is 35.2 Å². The molecule has 8 heteroatoms. The summed E-state index contributed by atoms with van der Waals surface area (Å²) in [6, 6.07) is 12.8. The van der Waals surface area contributed by atoms with Crippen LogP contribution in [0.15, 0.2) is 53.4 Å². The molecule has 1 N–H and O–H groups in total. The molecule has 0 radical (unpaired) electrons. The Kier molecular flexibility index (Phi) is 7.12. The van der Waals surface area contributed by atoms with Gasteiger partial charge in [-0.1, -0.05) is 60.4 Å². The summed E-state index contributed by atoms with van der Waals surface area (Å²) in [6.07, 6.45) is 1.68. The fraction of sp³-hybridized carbons (Fsp3) is 0.227. The molecule has 1 aliphatic rings. The van der Waals surface area contributed by atoms with Gasteiger partial charge < -0.3 is 14.6 Å². The summed E-state index contributed by atoms with van der Waals surface area (Å²) in [4.78, 5) is 26.5. The summed E-state index contributed by atoms with van der Waals surface area (Å²) in [5.41, 5.74) is 1.22. The van der Waals surface area contributed by atoms with Gasteiger partial charge in [0.2, 0.25) is 0 Å². The summed E-state index contributed by atoms with van der Waals surface area (Å²) in [5, 5.41) is 9.76. The van der Waals surface area contributed by atoms with E-state index in [2.05, 4.69) is 0 Å². The topological polar surface area (TPSA) is 76.1 Å². The van der Waals surface area contributed by atoms with Crippen LogP contribution in [0, 0.1) is 0 Å². The maximum atomic E-state index is 13.0. The molecule has 0 spiro atoms. The molecular formula is C22H21NO5S2. The molecule has 1 heterocycles. The number of rotatable bonds is 8.